The second-order valence-electron chi connectivity index (χ2n) is 8.54. The van der Waals surface area contributed by atoms with Crippen LogP contribution in [-0.4, -0.2) is 39.3 Å². The van der Waals surface area contributed by atoms with Gasteiger partial charge in [0.05, 0.1) is 17.8 Å². The molecule has 1 aliphatic rings. The fourth-order valence-electron chi connectivity index (χ4n) is 4.67. The number of nitrogens with zero attached hydrogens (tertiary/aromatic N) is 3. The predicted octanol–water partition coefficient (Wildman–Crippen LogP) is 3.97. The van der Waals surface area contributed by atoms with Crippen molar-refractivity contribution >= 4 is 21.8 Å². The number of pyridine rings is 2. The minimum absolute atomic E-state index is 0.117. The number of unbranched alkanes of at least 4 members (excludes halogenated alkanes) is 1. The van der Waals surface area contributed by atoms with Crippen LogP contribution in [0, 0.1) is 0 Å². The van der Waals surface area contributed by atoms with Gasteiger partial charge >= 0.3 is 0 Å². The number of hydrogen-bond donors (Lipinski definition) is 3. The Labute approximate surface area is 195 Å². The van der Waals surface area contributed by atoms with Crippen molar-refractivity contribution in [3.05, 3.63) is 71.8 Å². The van der Waals surface area contributed by atoms with Crippen molar-refractivity contribution in [3.8, 4) is 0 Å². The van der Waals surface area contributed by atoms with Gasteiger partial charge in [-0.25, -0.2) is 0 Å². The monoisotopic (exact) mass is 445 g/mol. The van der Waals surface area contributed by atoms with Crippen LogP contribution >= 0.6 is 0 Å². The second-order valence-corrected chi connectivity index (χ2v) is 8.54. The molecule has 0 aliphatic heterocycles. The zero-order valence-corrected chi connectivity index (χ0v) is 19.3. The molecule has 0 radical (unpaired) electrons. The van der Waals surface area contributed by atoms with Crippen molar-refractivity contribution in [2.24, 2.45) is 5.73 Å². The van der Waals surface area contributed by atoms with Crippen molar-refractivity contribution in [1.82, 2.24) is 19.9 Å². The Morgan fingerprint density at radius 1 is 0.939 bits per heavy atom. The number of aliphatic hydroxyl groups is 1. The molecule has 1 aliphatic carbocycles. The fraction of sp³-hybridized carbons (Fsp3) is 0.407. The molecule has 0 atom stereocenters. The minimum Gasteiger partial charge on any atom is -0.395 e. The Hall–Kier alpha value is -2.80. The Morgan fingerprint density at radius 3 is 2.67 bits per heavy atom. The first kappa shape index (κ1) is 23.4. The van der Waals surface area contributed by atoms with Gasteiger partial charge in [-0.3, -0.25) is 9.97 Å². The third kappa shape index (κ3) is 5.58. The molecule has 0 saturated carbocycles. The maximum atomic E-state index is 9.45. The predicted molar refractivity (Wildman–Crippen MR) is 135 cm³/mol. The number of aromatic nitrogens is 3. The Morgan fingerprint density at radius 2 is 1.82 bits per heavy atom. The molecule has 6 nitrogen and oxygen atoms in total. The molecular weight excluding hydrogens is 410 g/mol. The first-order chi connectivity index (χ1) is 16.3. The lowest BCUT2D eigenvalue weighted by Crippen LogP contribution is -2.17. The number of nitrogens with one attached hydrogen (secondary N) is 1. The van der Waals surface area contributed by atoms with E-state index in [9.17, 15) is 5.11 Å². The van der Waals surface area contributed by atoms with Crippen LogP contribution in [0.25, 0.3) is 21.8 Å². The quantitative estimate of drug-likeness (QED) is 0.357. The topological polar surface area (TPSA) is 89.0 Å². The fourth-order valence-corrected chi connectivity index (χ4v) is 4.67. The highest BCUT2D eigenvalue weighted by Gasteiger charge is 2.14. The molecular formula is C27H35N5O. The van der Waals surface area contributed by atoms with Gasteiger partial charge in [0.25, 0.3) is 0 Å². The lowest BCUT2D eigenvalue weighted by molar-refractivity contribution is 0.279. The van der Waals surface area contributed by atoms with Gasteiger partial charge in [0, 0.05) is 47.5 Å². The molecule has 174 valence electrons. The molecule has 4 aromatic rings. The summed E-state index contributed by atoms with van der Waals surface area (Å²) in [5, 5.41) is 15.3. The number of aryl methyl sites for hydroxylation is 2. The van der Waals surface area contributed by atoms with Gasteiger partial charge < -0.3 is 20.7 Å². The SMILES string of the molecule is NCCCCNCc1nccc2c3ccccc3n(CCO)c12.c1cnc2c(c1)CCCC2. The van der Waals surface area contributed by atoms with Crippen LogP contribution in [0.3, 0.4) is 0 Å². The zero-order valence-electron chi connectivity index (χ0n) is 19.3. The van der Waals surface area contributed by atoms with Gasteiger partial charge in [0.1, 0.15) is 0 Å². The highest BCUT2D eigenvalue weighted by Crippen LogP contribution is 2.30. The third-order valence-electron chi connectivity index (χ3n) is 6.27. The lowest BCUT2D eigenvalue weighted by Gasteiger charge is -2.12. The molecule has 1 aromatic carbocycles. The number of benzene rings is 1. The smallest absolute Gasteiger partial charge is 0.0784 e. The summed E-state index contributed by atoms with van der Waals surface area (Å²) in [5.41, 5.74) is 11.6. The van der Waals surface area contributed by atoms with Crippen molar-refractivity contribution in [2.45, 2.75) is 51.6 Å². The normalized spacial score (nSPS) is 13.0. The summed E-state index contributed by atoms with van der Waals surface area (Å²) >= 11 is 0. The van der Waals surface area contributed by atoms with Crippen molar-refractivity contribution < 1.29 is 5.11 Å². The molecule has 0 saturated heterocycles. The van der Waals surface area contributed by atoms with Crippen LogP contribution in [-0.2, 0) is 25.9 Å². The van der Waals surface area contributed by atoms with Crippen LogP contribution in [0.4, 0.5) is 0 Å². The number of nitrogens with two attached hydrogens (primary N) is 1. The van der Waals surface area contributed by atoms with E-state index in [1.165, 1.54) is 47.7 Å². The van der Waals surface area contributed by atoms with Crippen LogP contribution in [0.1, 0.15) is 42.6 Å². The molecule has 3 heterocycles. The van der Waals surface area contributed by atoms with E-state index in [2.05, 4.69) is 50.2 Å². The zero-order chi connectivity index (χ0) is 22.9. The molecule has 3 aromatic heterocycles. The van der Waals surface area contributed by atoms with E-state index in [0.717, 1.165) is 49.2 Å². The highest BCUT2D eigenvalue weighted by molar-refractivity contribution is 6.08. The molecule has 0 unspecified atom stereocenters. The molecule has 4 N–H and O–H groups in total. The van der Waals surface area contributed by atoms with Crippen molar-refractivity contribution in [1.29, 1.82) is 0 Å². The summed E-state index contributed by atoms with van der Waals surface area (Å²) in [5.74, 6) is 0. The Balaban J connectivity index is 0.000000214. The minimum atomic E-state index is 0.117. The first-order valence-corrected chi connectivity index (χ1v) is 12.1. The average molecular weight is 446 g/mol. The van der Waals surface area contributed by atoms with Crippen molar-refractivity contribution in [2.75, 3.05) is 19.7 Å². The van der Waals surface area contributed by atoms with Crippen LogP contribution < -0.4 is 11.1 Å². The summed E-state index contributed by atoms with van der Waals surface area (Å²) in [7, 11) is 0. The van der Waals surface area contributed by atoms with E-state index in [-0.39, 0.29) is 6.61 Å². The van der Waals surface area contributed by atoms with Crippen molar-refractivity contribution in [3.63, 3.8) is 0 Å². The van der Waals surface area contributed by atoms with E-state index in [4.69, 9.17) is 5.73 Å². The largest absolute Gasteiger partial charge is 0.395 e. The molecule has 0 fully saturated rings. The van der Waals surface area contributed by atoms with E-state index in [1.807, 2.05) is 24.5 Å². The molecule has 6 heteroatoms. The maximum absolute atomic E-state index is 9.45. The second kappa shape index (κ2) is 11.9. The van der Waals surface area contributed by atoms with Gasteiger partial charge in [0.2, 0.25) is 0 Å². The number of aliphatic hydroxyl groups excluding tert-OH is 1. The van der Waals surface area contributed by atoms with Gasteiger partial charge in [-0.15, -0.1) is 0 Å². The van der Waals surface area contributed by atoms with Gasteiger partial charge in [-0.05, 0) is 75.4 Å². The third-order valence-corrected chi connectivity index (χ3v) is 6.27. The standard InChI is InChI=1S/C18H24N4O.C9H11N/c19-8-3-4-9-20-13-16-18-15(7-10-21-16)14-5-1-2-6-17(14)22(18)11-12-23;1-2-6-9-8(4-1)5-3-7-10-9/h1-2,5-7,10,20,23H,3-4,8-9,11-13,19H2;3,5,7H,1-2,4,6H2. The number of rotatable bonds is 8. The molecule has 33 heavy (non-hydrogen) atoms. The Bertz CT molecular complexity index is 1140. The van der Waals surface area contributed by atoms with Crippen LogP contribution in [0.2, 0.25) is 0 Å². The average Bonchev–Trinajstić information content (AvgIpc) is 3.19. The van der Waals surface area contributed by atoms with E-state index in [1.54, 1.807) is 0 Å². The Kier molecular flexibility index (Phi) is 8.41. The highest BCUT2D eigenvalue weighted by atomic mass is 16.3. The summed E-state index contributed by atoms with van der Waals surface area (Å²) < 4.78 is 2.18. The van der Waals surface area contributed by atoms with Gasteiger partial charge in [-0.1, -0.05) is 24.3 Å². The van der Waals surface area contributed by atoms with E-state index < -0.39 is 0 Å². The van der Waals surface area contributed by atoms with E-state index in [0.29, 0.717) is 6.54 Å². The van der Waals surface area contributed by atoms with Crippen LogP contribution in [0.5, 0.6) is 0 Å². The first-order valence-electron chi connectivity index (χ1n) is 12.1. The number of fused-ring (bicyclic) bond motifs is 4. The lowest BCUT2D eigenvalue weighted by atomic mass is 9.96. The molecule has 0 amide bonds. The number of para-hydroxylation sites is 1. The summed E-state index contributed by atoms with van der Waals surface area (Å²) in [6.07, 6.45) is 11.0. The molecule has 0 spiro atoms. The number of hydrogen-bond acceptors (Lipinski definition) is 5. The van der Waals surface area contributed by atoms with Gasteiger partial charge in [-0.2, -0.15) is 0 Å². The summed E-state index contributed by atoms with van der Waals surface area (Å²) in [4.78, 5) is 8.89. The molecule has 0 bridgehead atoms. The molecule has 5 rings (SSSR count). The van der Waals surface area contributed by atoms with Crippen LogP contribution in [0.15, 0.2) is 54.9 Å². The van der Waals surface area contributed by atoms with E-state index >= 15 is 0 Å². The summed E-state index contributed by atoms with van der Waals surface area (Å²) in [6, 6.07) is 14.6. The summed E-state index contributed by atoms with van der Waals surface area (Å²) in [6.45, 7) is 3.10. The maximum Gasteiger partial charge on any atom is 0.0784 e. The van der Waals surface area contributed by atoms with Gasteiger partial charge in [0.15, 0.2) is 0 Å².